The number of benzene rings is 1. The Morgan fingerprint density at radius 2 is 2.00 bits per heavy atom. The lowest BCUT2D eigenvalue weighted by Gasteiger charge is -2.20. The summed E-state index contributed by atoms with van der Waals surface area (Å²) >= 11 is 0. The van der Waals surface area contributed by atoms with Gasteiger partial charge >= 0.3 is 5.97 Å². The second-order valence-electron chi connectivity index (χ2n) is 4.26. The van der Waals surface area contributed by atoms with Crippen LogP contribution in [-0.4, -0.2) is 42.5 Å². The van der Waals surface area contributed by atoms with Gasteiger partial charge in [0.2, 0.25) is 0 Å². The summed E-state index contributed by atoms with van der Waals surface area (Å²) < 4.78 is 30.6. The second kappa shape index (κ2) is 6.51. The van der Waals surface area contributed by atoms with E-state index in [1.807, 2.05) is 6.07 Å². The predicted octanol–water partition coefficient (Wildman–Crippen LogP) is 0.774. The third-order valence-corrected chi connectivity index (χ3v) is 4.55. The Bertz CT molecular complexity index is 683. The number of nitrogens with zero attached hydrogens (tertiary/aromatic N) is 2. The van der Waals surface area contributed by atoms with Crippen LogP contribution in [0.1, 0.15) is 5.56 Å². The van der Waals surface area contributed by atoms with Crippen LogP contribution in [0, 0.1) is 0 Å². The van der Waals surface area contributed by atoms with Crippen LogP contribution in [0.3, 0.4) is 0 Å². The van der Waals surface area contributed by atoms with Crippen LogP contribution >= 0.6 is 0 Å². The third kappa shape index (κ3) is 3.67. The molecule has 0 atom stereocenters. The van der Waals surface area contributed by atoms with Crippen molar-refractivity contribution in [2.75, 3.05) is 13.7 Å². The zero-order chi connectivity index (χ0) is 15.3. The van der Waals surface area contributed by atoms with Crippen molar-refractivity contribution < 1.29 is 17.9 Å². The Kier molecular flexibility index (Phi) is 4.71. The van der Waals surface area contributed by atoms with Crippen molar-refractivity contribution in [3.05, 3.63) is 48.2 Å². The van der Waals surface area contributed by atoms with Crippen molar-refractivity contribution in [2.45, 2.75) is 11.6 Å². The van der Waals surface area contributed by atoms with E-state index < -0.39 is 16.0 Å². The van der Waals surface area contributed by atoms with E-state index in [2.05, 4.69) is 14.9 Å². The van der Waals surface area contributed by atoms with Crippen molar-refractivity contribution in [3.63, 3.8) is 0 Å². The molecule has 2 rings (SSSR count). The average molecular weight is 309 g/mol. The molecule has 21 heavy (non-hydrogen) atoms. The molecule has 7 nitrogen and oxygen atoms in total. The Hall–Kier alpha value is -2.19. The first kappa shape index (κ1) is 15.2. The number of aromatic amines is 1. The molecule has 0 bridgehead atoms. The number of carbonyl (C=O) groups excluding carboxylic acids is 1. The standard InChI is InChI=1S/C13H15N3O4S/c1-20-13(17)10-16(9-11-5-3-2-4-6-11)21(18,19)12-7-8-14-15-12/h2-8H,9-10H2,1H3,(H,14,15). The van der Waals surface area contributed by atoms with Gasteiger partial charge in [-0.3, -0.25) is 9.89 Å². The zero-order valence-corrected chi connectivity index (χ0v) is 12.2. The molecule has 0 fully saturated rings. The third-order valence-electron chi connectivity index (χ3n) is 2.83. The molecule has 0 amide bonds. The summed E-state index contributed by atoms with van der Waals surface area (Å²) in [7, 11) is -2.63. The minimum absolute atomic E-state index is 0.0668. The number of H-pyrrole nitrogens is 1. The van der Waals surface area contributed by atoms with E-state index in [4.69, 9.17) is 0 Å². The van der Waals surface area contributed by atoms with Crippen molar-refractivity contribution in [1.82, 2.24) is 14.5 Å². The minimum atomic E-state index is -3.85. The van der Waals surface area contributed by atoms with Gasteiger partial charge in [0.05, 0.1) is 13.3 Å². The zero-order valence-electron chi connectivity index (χ0n) is 11.4. The van der Waals surface area contributed by atoms with E-state index in [1.54, 1.807) is 24.3 Å². The summed E-state index contributed by atoms with van der Waals surface area (Å²) in [6.45, 7) is -0.302. The molecule has 0 aliphatic carbocycles. The second-order valence-corrected chi connectivity index (χ2v) is 6.16. The summed E-state index contributed by atoms with van der Waals surface area (Å²) in [6, 6.07) is 10.3. The van der Waals surface area contributed by atoms with Crippen LogP contribution in [0.2, 0.25) is 0 Å². The van der Waals surface area contributed by atoms with Crippen LogP contribution in [0.5, 0.6) is 0 Å². The number of ether oxygens (including phenoxy) is 1. The molecule has 0 spiro atoms. The first-order valence-electron chi connectivity index (χ1n) is 6.14. The lowest BCUT2D eigenvalue weighted by atomic mass is 10.2. The number of hydrogen-bond acceptors (Lipinski definition) is 5. The largest absolute Gasteiger partial charge is 0.468 e. The van der Waals surface area contributed by atoms with Gasteiger partial charge in [-0.2, -0.15) is 9.40 Å². The summed E-state index contributed by atoms with van der Waals surface area (Å²) in [5.74, 6) is -0.631. The van der Waals surface area contributed by atoms with Gasteiger partial charge in [-0.15, -0.1) is 0 Å². The number of nitrogens with one attached hydrogen (secondary N) is 1. The predicted molar refractivity (Wildman–Crippen MR) is 74.6 cm³/mol. The van der Waals surface area contributed by atoms with Crippen LogP contribution in [0.4, 0.5) is 0 Å². The highest BCUT2D eigenvalue weighted by molar-refractivity contribution is 7.89. The average Bonchev–Trinajstić information content (AvgIpc) is 3.02. The molecule has 1 N–H and O–H groups in total. The number of methoxy groups -OCH3 is 1. The number of aromatic nitrogens is 2. The molecule has 1 aromatic heterocycles. The van der Waals surface area contributed by atoms with Crippen LogP contribution in [0.25, 0.3) is 0 Å². The summed E-state index contributed by atoms with van der Waals surface area (Å²) in [6.07, 6.45) is 1.34. The SMILES string of the molecule is COC(=O)CN(Cc1ccccc1)S(=O)(=O)c1ccn[nH]1. The molecule has 0 saturated heterocycles. The first-order chi connectivity index (χ1) is 10.0. The quantitative estimate of drug-likeness (QED) is 0.796. The van der Waals surface area contributed by atoms with E-state index in [9.17, 15) is 13.2 Å². The van der Waals surface area contributed by atoms with Gasteiger partial charge in [-0.05, 0) is 11.6 Å². The molecule has 0 saturated carbocycles. The normalized spacial score (nSPS) is 11.5. The molecule has 8 heteroatoms. The lowest BCUT2D eigenvalue weighted by molar-refractivity contribution is -0.140. The Morgan fingerprint density at radius 1 is 1.29 bits per heavy atom. The minimum Gasteiger partial charge on any atom is -0.468 e. The highest BCUT2D eigenvalue weighted by atomic mass is 32.2. The molecule has 1 aromatic carbocycles. The van der Waals surface area contributed by atoms with Crippen LogP contribution < -0.4 is 0 Å². The molecule has 1 heterocycles. The van der Waals surface area contributed by atoms with Crippen molar-refractivity contribution in [1.29, 1.82) is 0 Å². The topological polar surface area (TPSA) is 92.4 Å². The fourth-order valence-electron chi connectivity index (χ4n) is 1.75. The Balaban J connectivity index is 2.30. The molecular weight excluding hydrogens is 294 g/mol. The number of esters is 1. The van der Waals surface area contributed by atoms with Crippen LogP contribution in [0.15, 0.2) is 47.6 Å². The smallest absolute Gasteiger partial charge is 0.321 e. The molecule has 0 aliphatic heterocycles. The van der Waals surface area contributed by atoms with Crippen molar-refractivity contribution in [3.8, 4) is 0 Å². The summed E-state index contributed by atoms with van der Waals surface area (Å²) in [5.41, 5.74) is 0.768. The van der Waals surface area contributed by atoms with E-state index in [1.165, 1.54) is 19.4 Å². The lowest BCUT2D eigenvalue weighted by Crippen LogP contribution is -2.36. The number of sulfonamides is 1. The maximum Gasteiger partial charge on any atom is 0.321 e. The highest BCUT2D eigenvalue weighted by Crippen LogP contribution is 2.16. The van der Waals surface area contributed by atoms with Gasteiger partial charge in [0.15, 0.2) is 5.03 Å². The number of carbonyl (C=O) groups is 1. The van der Waals surface area contributed by atoms with E-state index in [0.29, 0.717) is 0 Å². The molecule has 0 aliphatic rings. The van der Waals surface area contributed by atoms with Gasteiger partial charge in [0.25, 0.3) is 10.0 Å². The van der Waals surface area contributed by atoms with Crippen molar-refractivity contribution >= 4 is 16.0 Å². The maximum atomic E-state index is 12.5. The molecule has 2 aromatic rings. The van der Waals surface area contributed by atoms with Crippen molar-refractivity contribution in [2.24, 2.45) is 0 Å². The monoisotopic (exact) mass is 309 g/mol. The Morgan fingerprint density at radius 3 is 2.57 bits per heavy atom. The molecular formula is C13H15N3O4S. The van der Waals surface area contributed by atoms with E-state index in [-0.39, 0.29) is 18.1 Å². The van der Waals surface area contributed by atoms with Gasteiger partial charge < -0.3 is 4.74 Å². The van der Waals surface area contributed by atoms with E-state index >= 15 is 0 Å². The van der Waals surface area contributed by atoms with Gasteiger partial charge in [0.1, 0.15) is 6.54 Å². The fraction of sp³-hybridized carbons (Fsp3) is 0.231. The first-order valence-corrected chi connectivity index (χ1v) is 7.58. The van der Waals surface area contributed by atoms with Crippen LogP contribution in [-0.2, 0) is 26.1 Å². The highest BCUT2D eigenvalue weighted by Gasteiger charge is 2.28. The maximum absolute atomic E-state index is 12.5. The molecule has 112 valence electrons. The van der Waals surface area contributed by atoms with Gasteiger partial charge in [0, 0.05) is 6.54 Å². The Labute approximate surface area is 122 Å². The summed E-state index contributed by atoms with van der Waals surface area (Å²) in [5, 5.41) is 5.97. The van der Waals surface area contributed by atoms with Gasteiger partial charge in [-0.1, -0.05) is 30.3 Å². The number of rotatable bonds is 6. The van der Waals surface area contributed by atoms with Gasteiger partial charge in [-0.25, -0.2) is 8.42 Å². The fourth-order valence-corrected chi connectivity index (χ4v) is 3.02. The number of hydrogen-bond donors (Lipinski definition) is 1. The molecule has 0 radical (unpaired) electrons. The van der Waals surface area contributed by atoms with E-state index in [0.717, 1.165) is 9.87 Å². The molecule has 0 unspecified atom stereocenters. The summed E-state index contributed by atoms with van der Waals surface area (Å²) in [4.78, 5) is 11.5.